The molecule has 0 bridgehead atoms. The number of methoxy groups -OCH3 is 1. The lowest BCUT2D eigenvalue weighted by Gasteiger charge is -2.18. The van der Waals surface area contributed by atoms with Crippen molar-refractivity contribution in [1.82, 2.24) is 5.43 Å². The molecule has 102 valence electrons. The Bertz CT molecular complexity index is 586. The number of nitrogens with two attached hydrogens (primary N) is 1. The van der Waals surface area contributed by atoms with Crippen molar-refractivity contribution in [3.8, 4) is 5.75 Å². The number of hydrogen-bond donors (Lipinski definition) is 2. The van der Waals surface area contributed by atoms with Gasteiger partial charge in [0.05, 0.1) is 21.8 Å². The van der Waals surface area contributed by atoms with Crippen molar-refractivity contribution in [2.75, 3.05) is 7.11 Å². The standard InChI is InChI=1S/C13H14Cl2N2OS/c1-7-5-8(18-2)3-4-9(7)12(17-16)10-6-11(14)19-13(10)15/h3-6,12,17H,16H2,1-2H3. The molecule has 0 aliphatic carbocycles. The molecule has 1 heterocycles. The van der Waals surface area contributed by atoms with Crippen molar-refractivity contribution < 1.29 is 4.74 Å². The van der Waals surface area contributed by atoms with Crippen LogP contribution in [-0.4, -0.2) is 7.11 Å². The van der Waals surface area contributed by atoms with Gasteiger partial charge in [-0.05, 0) is 36.2 Å². The zero-order valence-electron chi connectivity index (χ0n) is 10.5. The van der Waals surface area contributed by atoms with E-state index in [1.807, 2.05) is 31.2 Å². The van der Waals surface area contributed by atoms with Gasteiger partial charge >= 0.3 is 0 Å². The van der Waals surface area contributed by atoms with Crippen LogP contribution in [0.15, 0.2) is 24.3 Å². The summed E-state index contributed by atoms with van der Waals surface area (Å²) < 4.78 is 6.49. The molecule has 1 unspecified atom stereocenters. The number of thiophene rings is 1. The zero-order valence-corrected chi connectivity index (χ0v) is 12.9. The van der Waals surface area contributed by atoms with Gasteiger partial charge in [0.15, 0.2) is 0 Å². The third-order valence-corrected chi connectivity index (χ3v) is 4.47. The molecule has 0 saturated carbocycles. The molecule has 0 fully saturated rings. The fraction of sp³-hybridized carbons (Fsp3) is 0.231. The van der Waals surface area contributed by atoms with Crippen molar-refractivity contribution >= 4 is 34.5 Å². The molecule has 3 N–H and O–H groups in total. The molecule has 0 saturated heterocycles. The summed E-state index contributed by atoms with van der Waals surface area (Å²) in [5, 5.41) is 0. The number of aryl methyl sites for hydroxylation is 1. The number of benzene rings is 1. The van der Waals surface area contributed by atoms with Crippen LogP contribution in [-0.2, 0) is 0 Å². The van der Waals surface area contributed by atoms with Crippen LogP contribution in [0, 0.1) is 6.92 Å². The summed E-state index contributed by atoms with van der Waals surface area (Å²) in [6, 6.07) is 7.47. The van der Waals surface area contributed by atoms with Crippen LogP contribution in [0.3, 0.4) is 0 Å². The lowest BCUT2D eigenvalue weighted by atomic mass is 9.97. The minimum absolute atomic E-state index is 0.192. The fourth-order valence-corrected chi connectivity index (χ4v) is 3.53. The van der Waals surface area contributed by atoms with Gasteiger partial charge in [-0.2, -0.15) is 0 Å². The first-order valence-electron chi connectivity index (χ1n) is 5.62. The maximum absolute atomic E-state index is 6.19. The molecule has 0 radical (unpaired) electrons. The molecule has 1 atom stereocenters. The molecular formula is C13H14Cl2N2OS. The quantitative estimate of drug-likeness (QED) is 0.663. The fourth-order valence-electron chi connectivity index (χ4n) is 2.00. The predicted molar refractivity (Wildman–Crippen MR) is 81.2 cm³/mol. The maximum atomic E-state index is 6.19. The highest BCUT2D eigenvalue weighted by molar-refractivity contribution is 7.20. The molecule has 19 heavy (non-hydrogen) atoms. The first kappa shape index (κ1) is 14.6. The van der Waals surface area contributed by atoms with Gasteiger partial charge in [0.25, 0.3) is 0 Å². The SMILES string of the molecule is COc1ccc(C(NN)c2cc(Cl)sc2Cl)c(C)c1. The van der Waals surface area contributed by atoms with E-state index in [1.165, 1.54) is 11.3 Å². The lowest BCUT2D eigenvalue weighted by Crippen LogP contribution is -2.29. The summed E-state index contributed by atoms with van der Waals surface area (Å²) in [6.45, 7) is 2.00. The molecule has 1 aromatic carbocycles. The van der Waals surface area contributed by atoms with Crippen LogP contribution in [0.5, 0.6) is 5.75 Å². The Kier molecular flexibility index (Phi) is 4.71. The summed E-state index contributed by atoms with van der Waals surface area (Å²) in [7, 11) is 1.64. The summed E-state index contributed by atoms with van der Waals surface area (Å²) in [5.41, 5.74) is 5.78. The summed E-state index contributed by atoms with van der Waals surface area (Å²) in [5.74, 6) is 6.49. The average molecular weight is 317 g/mol. The second-order valence-corrected chi connectivity index (χ2v) is 6.39. The van der Waals surface area contributed by atoms with E-state index in [0.717, 1.165) is 22.4 Å². The average Bonchev–Trinajstić information content (AvgIpc) is 2.71. The first-order valence-corrected chi connectivity index (χ1v) is 7.19. The smallest absolute Gasteiger partial charge is 0.119 e. The lowest BCUT2D eigenvalue weighted by molar-refractivity contribution is 0.414. The number of hydrazine groups is 1. The highest BCUT2D eigenvalue weighted by atomic mass is 35.5. The van der Waals surface area contributed by atoms with Gasteiger partial charge in [-0.25, -0.2) is 5.43 Å². The predicted octanol–water partition coefficient (Wildman–Crippen LogP) is 3.92. The summed E-state index contributed by atoms with van der Waals surface area (Å²) >= 11 is 13.5. The van der Waals surface area contributed by atoms with E-state index in [2.05, 4.69) is 5.43 Å². The number of halogens is 2. The molecule has 1 aromatic heterocycles. The van der Waals surface area contributed by atoms with Gasteiger partial charge in [-0.3, -0.25) is 5.84 Å². The molecule has 3 nitrogen and oxygen atoms in total. The Hall–Kier alpha value is -0.780. The summed E-state index contributed by atoms with van der Waals surface area (Å²) in [4.78, 5) is 0. The van der Waals surface area contributed by atoms with Crippen LogP contribution in [0.2, 0.25) is 8.67 Å². The van der Waals surface area contributed by atoms with Crippen molar-refractivity contribution in [3.05, 3.63) is 49.6 Å². The van der Waals surface area contributed by atoms with Crippen LogP contribution in [0.1, 0.15) is 22.7 Å². The molecule has 2 rings (SSSR count). The van der Waals surface area contributed by atoms with E-state index in [1.54, 1.807) is 7.11 Å². The Morgan fingerprint density at radius 2 is 2.00 bits per heavy atom. The first-order chi connectivity index (χ1) is 9.06. The highest BCUT2D eigenvalue weighted by Crippen LogP contribution is 2.38. The number of hydrogen-bond acceptors (Lipinski definition) is 4. The highest BCUT2D eigenvalue weighted by Gasteiger charge is 2.20. The Morgan fingerprint density at radius 1 is 1.26 bits per heavy atom. The van der Waals surface area contributed by atoms with Crippen LogP contribution in [0.25, 0.3) is 0 Å². The van der Waals surface area contributed by atoms with Gasteiger partial charge in [-0.1, -0.05) is 29.3 Å². The monoisotopic (exact) mass is 316 g/mol. The van der Waals surface area contributed by atoms with Crippen LogP contribution < -0.4 is 16.0 Å². The van der Waals surface area contributed by atoms with Crippen molar-refractivity contribution in [3.63, 3.8) is 0 Å². The normalized spacial score (nSPS) is 12.5. The molecule has 0 aliphatic rings. The van der Waals surface area contributed by atoms with Crippen LogP contribution >= 0.6 is 34.5 Å². The summed E-state index contributed by atoms with van der Waals surface area (Å²) in [6.07, 6.45) is 0. The van der Waals surface area contributed by atoms with Crippen molar-refractivity contribution in [1.29, 1.82) is 0 Å². The second-order valence-electron chi connectivity index (χ2n) is 4.10. The largest absolute Gasteiger partial charge is 0.497 e. The molecule has 2 aromatic rings. The van der Waals surface area contributed by atoms with E-state index in [0.29, 0.717) is 8.67 Å². The topological polar surface area (TPSA) is 47.3 Å². The van der Waals surface area contributed by atoms with Gasteiger partial charge in [0.2, 0.25) is 0 Å². The second kappa shape index (κ2) is 6.11. The minimum atomic E-state index is -0.192. The molecule has 0 aliphatic heterocycles. The van der Waals surface area contributed by atoms with E-state index in [4.69, 9.17) is 33.8 Å². The van der Waals surface area contributed by atoms with Gasteiger partial charge in [-0.15, -0.1) is 11.3 Å². The van der Waals surface area contributed by atoms with Crippen molar-refractivity contribution in [2.24, 2.45) is 5.84 Å². The van der Waals surface area contributed by atoms with Gasteiger partial charge < -0.3 is 4.74 Å². The third kappa shape index (κ3) is 3.04. The molecule has 0 spiro atoms. The van der Waals surface area contributed by atoms with Gasteiger partial charge in [0, 0.05) is 5.56 Å². The van der Waals surface area contributed by atoms with Crippen LogP contribution in [0.4, 0.5) is 0 Å². The number of nitrogens with one attached hydrogen (secondary N) is 1. The van der Waals surface area contributed by atoms with Crippen molar-refractivity contribution in [2.45, 2.75) is 13.0 Å². The number of ether oxygens (including phenoxy) is 1. The van der Waals surface area contributed by atoms with E-state index in [9.17, 15) is 0 Å². The molecule has 0 amide bonds. The number of rotatable bonds is 4. The Balaban J connectivity index is 2.45. The van der Waals surface area contributed by atoms with E-state index >= 15 is 0 Å². The minimum Gasteiger partial charge on any atom is -0.497 e. The Labute approximate surface area is 126 Å². The third-order valence-electron chi connectivity index (χ3n) is 2.95. The Morgan fingerprint density at radius 3 is 2.47 bits per heavy atom. The van der Waals surface area contributed by atoms with Gasteiger partial charge in [0.1, 0.15) is 5.75 Å². The van der Waals surface area contributed by atoms with E-state index < -0.39 is 0 Å². The van der Waals surface area contributed by atoms with E-state index in [-0.39, 0.29) is 6.04 Å². The molecule has 6 heteroatoms. The maximum Gasteiger partial charge on any atom is 0.119 e. The molecular weight excluding hydrogens is 303 g/mol. The zero-order chi connectivity index (χ0) is 14.0.